The predicted octanol–water partition coefficient (Wildman–Crippen LogP) is -3.97. The van der Waals surface area contributed by atoms with Crippen LogP contribution < -0.4 is 21.3 Å². The van der Waals surface area contributed by atoms with Crippen molar-refractivity contribution in [2.45, 2.75) is 63.1 Å². The number of carbonyl (C=O) groups is 4. The van der Waals surface area contributed by atoms with E-state index in [2.05, 4.69) is 16.0 Å². The summed E-state index contributed by atoms with van der Waals surface area (Å²) >= 11 is 0. The lowest BCUT2D eigenvalue weighted by molar-refractivity contribution is -0.144. The van der Waals surface area contributed by atoms with Gasteiger partial charge in [-0.25, -0.2) is 4.79 Å². The van der Waals surface area contributed by atoms with Crippen LogP contribution in [-0.4, -0.2) is 93.6 Å². The fourth-order valence-electron chi connectivity index (χ4n) is 2.66. The molecule has 12 heteroatoms. The van der Waals surface area contributed by atoms with Crippen molar-refractivity contribution in [2.75, 3.05) is 13.2 Å². The zero-order valence-corrected chi connectivity index (χ0v) is 15.7. The summed E-state index contributed by atoms with van der Waals surface area (Å²) in [4.78, 5) is 47.8. The Bertz CT molecular complexity index is 577. The van der Waals surface area contributed by atoms with Gasteiger partial charge in [0.2, 0.25) is 17.7 Å². The van der Waals surface area contributed by atoms with Gasteiger partial charge < -0.3 is 41.7 Å². The lowest BCUT2D eigenvalue weighted by atomic mass is 10.1. The summed E-state index contributed by atoms with van der Waals surface area (Å²) < 4.78 is 0. The third-order valence-corrected chi connectivity index (χ3v) is 4.30. The molecular weight excluding hydrogens is 376 g/mol. The number of amides is 3. The fraction of sp³-hybridized carbons (Fsp3) is 0.750. The molecule has 3 amide bonds. The monoisotopic (exact) mass is 404 g/mol. The summed E-state index contributed by atoms with van der Waals surface area (Å²) in [6.07, 6.45) is -1.34. The van der Waals surface area contributed by atoms with Crippen molar-refractivity contribution < 1.29 is 39.6 Å². The van der Waals surface area contributed by atoms with E-state index in [1.807, 2.05) is 5.32 Å². The second kappa shape index (κ2) is 10.9. The van der Waals surface area contributed by atoms with Crippen LogP contribution in [0.2, 0.25) is 0 Å². The standard InChI is InChI=1S/C16H28N4O8/c1-7(22)11(14(25)18-10(6-21)16(27)28)20-15(26)12(8(2)23)19-13(24)9-4-3-5-17-9/h7-12,17,21-23H,3-6H2,1-2H3,(H,18,25)(H,19,24)(H,20,26)(H,27,28). The summed E-state index contributed by atoms with van der Waals surface area (Å²) in [5.74, 6) is -3.95. The number of rotatable bonds is 10. The van der Waals surface area contributed by atoms with Crippen molar-refractivity contribution in [2.24, 2.45) is 0 Å². The molecule has 1 aliphatic rings. The first-order chi connectivity index (χ1) is 13.1. The van der Waals surface area contributed by atoms with Gasteiger partial charge in [0.1, 0.15) is 18.1 Å². The van der Waals surface area contributed by atoms with Crippen LogP contribution in [0.1, 0.15) is 26.7 Å². The summed E-state index contributed by atoms with van der Waals surface area (Å²) in [5.41, 5.74) is 0. The summed E-state index contributed by atoms with van der Waals surface area (Å²) in [5, 5.41) is 47.0. The Morgan fingerprint density at radius 2 is 1.54 bits per heavy atom. The molecule has 12 nitrogen and oxygen atoms in total. The SMILES string of the molecule is CC(O)C(NC(=O)C1CCCN1)C(=O)NC(C(=O)NC(CO)C(=O)O)C(C)O. The molecule has 0 aromatic carbocycles. The molecule has 1 aliphatic heterocycles. The van der Waals surface area contributed by atoms with Gasteiger partial charge in [-0.2, -0.15) is 0 Å². The summed E-state index contributed by atoms with van der Waals surface area (Å²) in [6.45, 7) is 2.24. The minimum atomic E-state index is -1.62. The Balaban J connectivity index is 2.81. The molecule has 0 saturated carbocycles. The molecule has 8 N–H and O–H groups in total. The van der Waals surface area contributed by atoms with Gasteiger partial charge in [0.05, 0.1) is 24.9 Å². The highest BCUT2D eigenvalue weighted by atomic mass is 16.4. The number of aliphatic hydroxyl groups excluding tert-OH is 3. The topological polar surface area (TPSA) is 197 Å². The fourth-order valence-corrected chi connectivity index (χ4v) is 2.66. The minimum Gasteiger partial charge on any atom is -0.480 e. The zero-order chi connectivity index (χ0) is 21.4. The van der Waals surface area contributed by atoms with Gasteiger partial charge in [0, 0.05) is 0 Å². The molecule has 28 heavy (non-hydrogen) atoms. The van der Waals surface area contributed by atoms with Crippen LogP contribution in [0.15, 0.2) is 0 Å². The second-order valence-electron chi connectivity index (χ2n) is 6.68. The van der Waals surface area contributed by atoms with Crippen LogP contribution in [0, 0.1) is 0 Å². The average molecular weight is 404 g/mol. The lowest BCUT2D eigenvalue weighted by Crippen LogP contribution is -2.62. The van der Waals surface area contributed by atoms with Crippen LogP contribution in [0.5, 0.6) is 0 Å². The lowest BCUT2D eigenvalue weighted by Gasteiger charge is -2.27. The molecule has 6 unspecified atom stereocenters. The molecule has 0 bridgehead atoms. The van der Waals surface area contributed by atoms with Gasteiger partial charge in [0.25, 0.3) is 0 Å². The summed E-state index contributed by atoms with van der Waals surface area (Å²) in [6, 6.07) is -5.07. The number of aliphatic carboxylic acids is 1. The number of carbonyl (C=O) groups excluding carboxylic acids is 3. The molecule has 6 atom stereocenters. The predicted molar refractivity (Wildman–Crippen MR) is 94.9 cm³/mol. The maximum atomic E-state index is 12.5. The van der Waals surface area contributed by atoms with Gasteiger partial charge in [-0.1, -0.05) is 0 Å². The number of hydrogen-bond donors (Lipinski definition) is 8. The third-order valence-electron chi connectivity index (χ3n) is 4.30. The third kappa shape index (κ3) is 6.71. The van der Waals surface area contributed by atoms with E-state index in [1.165, 1.54) is 13.8 Å². The molecular formula is C16H28N4O8. The molecule has 1 heterocycles. The van der Waals surface area contributed by atoms with Crippen molar-refractivity contribution in [3.05, 3.63) is 0 Å². The van der Waals surface area contributed by atoms with Crippen molar-refractivity contribution in [1.29, 1.82) is 0 Å². The molecule has 160 valence electrons. The molecule has 0 aromatic rings. The minimum absolute atomic E-state index is 0.483. The maximum absolute atomic E-state index is 12.5. The largest absolute Gasteiger partial charge is 0.480 e. The van der Waals surface area contributed by atoms with Crippen LogP contribution in [-0.2, 0) is 19.2 Å². The van der Waals surface area contributed by atoms with Gasteiger partial charge in [-0.05, 0) is 33.2 Å². The Kier molecular flexibility index (Phi) is 9.25. The van der Waals surface area contributed by atoms with E-state index in [0.717, 1.165) is 6.42 Å². The average Bonchev–Trinajstić information content (AvgIpc) is 3.15. The Labute approximate surface area is 161 Å². The highest BCUT2D eigenvalue weighted by Crippen LogP contribution is 2.06. The van der Waals surface area contributed by atoms with Crippen molar-refractivity contribution in [1.82, 2.24) is 21.3 Å². The van der Waals surface area contributed by atoms with Crippen LogP contribution >= 0.6 is 0 Å². The van der Waals surface area contributed by atoms with Gasteiger partial charge in [-0.3, -0.25) is 14.4 Å². The molecule has 0 aliphatic carbocycles. The van der Waals surface area contributed by atoms with Gasteiger partial charge in [0.15, 0.2) is 0 Å². The van der Waals surface area contributed by atoms with Crippen molar-refractivity contribution in [3.63, 3.8) is 0 Å². The smallest absolute Gasteiger partial charge is 0.328 e. The van der Waals surface area contributed by atoms with Crippen molar-refractivity contribution >= 4 is 23.7 Å². The number of hydrogen-bond acceptors (Lipinski definition) is 8. The highest BCUT2D eigenvalue weighted by molar-refractivity contribution is 5.94. The van der Waals surface area contributed by atoms with Crippen LogP contribution in [0.4, 0.5) is 0 Å². The molecule has 1 rings (SSSR count). The zero-order valence-electron chi connectivity index (χ0n) is 15.7. The van der Waals surface area contributed by atoms with Crippen molar-refractivity contribution in [3.8, 4) is 0 Å². The molecule has 0 radical (unpaired) electrons. The first kappa shape index (κ1) is 23.8. The highest BCUT2D eigenvalue weighted by Gasteiger charge is 2.34. The summed E-state index contributed by atoms with van der Waals surface area (Å²) in [7, 11) is 0. The van der Waals surface area contributed by atoms with Gasteiger partial charge in [-0.15, -0.1) is 0 Å². The molecule has 1 fully saturated rings. The van der Waals surface area contributed by atoms with E-state index in [9.17, 15) is 29.4 Å². The number of carboxylic acid groups (broad SMARTS) is 1. The normalized spacial score (nSPS) is 21.7. The number of nitrogens with one attached hydrogen (secondary N) is 4. The Morgan fingerprint density at radius 3 is 1.96 bits per heavy atom. The molecule has 0 aromatic heterocycles. The van der Waals surface area contributed by atoms with Crippen LogP contribution in [0.3, 0.4) is 0 Å². The molecule has 0 spiro atoms. The maximum Gasteiger partial charge on any atom is 0.328 e. The Hall–Kier alpha value is -2.28. The van der Waals surface area contributed by atoms with Gasteiger partial charge >= 0.3 is 5.97 Å². The molecule has 1 saturated heterocycles. The quantitative estimate of drug-likeness (QED) is 0.179. The Morgan fingerprint density at radius 1 is 1.00 bits per heavy atom. The van der Waals surface area contributed by atoms with E-state index in [-0.39, 0.29) is 0 Å². The van der Waals surface area contributed by atoms with E-state index in [0.29, 0.717) is 13.0 Å². The first-order valence-corrected chi connectivity index (χ1v) is 8.92. The van der Waals surface area contributed by atoms with Crippen LogP contribution in [0.25, 0.3) is 0 Å². The van der Waals surface area contributed by atoms with E-state index >= 15 is 0 Å². The van der Waals surface area contributed by atoms with E-state index < -0.39 is 66.7 Å². The van der Waals surface area contributed by atoms with E-state index in [4.69, 9.17) is 10.2 Å². The second-order valence-corrected chi connectivity index (χ2v) is 6.68. The first-order valence-electron chi connectivity index (χ1n) is 8.92. The number of aliphatic hydroxyl groups is 3. The van der Waals surface area contributed by atoms with E-state index in [1.54, 1.807) is 0 Å². The number of carboxylic acids is 1.